The molecule has 2 fully saturated rings. The number of nitrogens with one attached hydrogen (secondary N) is 4. The molecule has 0 bridgehead atoms. The fraction of sp³-hybridized carbons (Fsp3) is 0.375. The molecule has 1 saturated heterocycles. The van der Waals surface area contributed by atoms with Crippen LogP contribution in [0.2, 0.25) is 5.02 Å². The van der Waals surface area contributed by atoms with Crippen LogP contribution in [-0.2, 0) is 6.42 Å². The highest BCUT2D eigenvalue weighted by atomic mass is 35.5. The van der Waals surface area contributed by atoms with Gasteiger partial charge in [0.25, 0.3) is 5.91 Å². The number of fused-ring (bicyclic) bond motifs is 1. The zero-order valence-electron chi connectivity index (χ0n) is 23.6. The molecule has 1 saturated carbocycles. The lowest BCUT2D eigenvalue weighted by Gasteiger charge is -2.32. The van der Waals surface area contributed by atoms with E-state index in [1.807, 2.05) is 25.4 Å². The van der Waals surface area contributed by atoms with Crippen LogP contribution in [0.3, 0.4) is 0 Å². The van der Waals surface area contributed by atoms with E-state index in [9.17, 15) is 4.79 Å². The number of nitrogens with zero attached hydrogens (tertiary/aromatic N) is 3. The Balaban J connectivity index is 1.20. The number of rotatable bonds is 7. The van der Waals surface area contributed by atoms with Gasteiger partial charge in [0.05, 0.1) is 22.1 Å². The summed E-state index contributed by atoms with van der Waals surface area (Å²) in [6.45, 7) is 4.17. The van der Waals surface area contributed by atoms with Crippen molar-refractivity contribution in [3.8, 4) is 0 Å². The molecule has 3 aliphatic rings. The molecule has 2 aromatic carbocycles. The maximum Gasteiger partial charge on any atom is 0.251 e. The van der Waals surface area contributed by atoms with Crippen molar-refractivity contribution in [2.45, 2.75) is 57.5 Å². The Morgan fingerprint density at radius 1 is 1.07 bits per heavy atom. The molecule has 0 atom stereocenters. The molecule has 1 aliphatic heterocycles. The number of anilines is 2. The van der Waals surface area contributed by atoms with Crippen molar-refractivity contribution in [2.24, 2.45) is 0 Å². The van der Waals surface area contributed by atoms with Crippen LogP contribution in [-0.4, -0.2) is 58.7 Å². The third kappa shape index (κ3) is 5.85. The van der Waals surface area contributed by atoms with Gasteiger partial charge in [0, 0.05) is 60.8 Å². The third-order valence-electron chi connectivity index (χ3n) is 8.37. The van der Waals surface area contributed by atoms with E-state index in [0.29, 0.717) is 40.8 Å². The minimum atomic E-state index is -0.0996. The molecule has 8 nitrogen and oxygen atoms in total. The maximum absolute atomic E-state index is 13.0. The van der Waals surface area contributed by atoms with Crippen LogP contribution < -0.4 is 16.0 Å². The number of carbonyl (C=O) groups is 1. The number of benzene rings is 2. The molecule has 41 heavy (non-hydrogen) atoms. The van der Waals surface area contributed by atoms with Gasteiger partial charge in [-0.25, -0.2) is 9.97 Å². The molecule has 2 heterocycles. The van der Waals surface area contributed by atoms with Gasteiger partial charge >= 0.3 is 0 Å². The zero-order valence-corrected chi connectivity index (χ0v) is 24.3. The number of hydrogen-bond donors (Lipinski definition) is 4. The minimum absolute atomic E-state index is 0.0996. The molecule has 4 N–H and O–H groups in total. The number of piperidine rings is 1. The molecule has 0 spiro atoms. The second-order valence-corrected chi connectivity index (χ2v) is 11.6. The second kappa shape index (κ2) is 11.6. The Morgan fingerprint density at radius 3 is 2.56 bits per heavy atom. The molecule has 3 aromatic rings. The average Bonchev–Trinajstić information content (AvgIpc) is 3.83. The van der Waals surface area contributed by atoms with E-state index in [4.69, 9.17) is 22.0 Å². The zero-order chi connectivity index (χ0) is 28.5. The molecule has 9 heteroatoms. The summed E-state index contributed by atoms with van der Waals surface area (Å²) in [6, 6.07) is 14.4. The van der Waals surface area contributed by atoms with Gasteiger partial charge in [-0.05, 0) is 74.8 Å². The Kier molecular flexibility index (Phi) is 7.77. The van der Waals surface area contributed by atoms with Gasteiger partial charge in [-0.3, -0.25) is 4.79 Å². The Morgan fingerprint density at radius 2 is 1.85 bits per heavy atom. The van der Waals surface area contributed by atoms with Crippen LogP contribution in [0, 0.1) is 12.3 Å². The highest BCUT2D eigenvalue weighted by Gasteiger charge is 2.32. The highest BCUT2D eigenvalue weighted by Crippen LogP contribution is 2.34. The summed E-state index contributed by atoms with van der Waals surface area (Å²) in [7, 11) is 1.88. The normalized spacial score (nSPS) is 19.0. The predicted molar refractivity (Wildman–Crippen MR) is 165 cm³/mol. The van der Waals surface area contributed by atoms with Crippen molar-refractivity contribution in [2.75, 3.05) is 25.5 Å². The quantitative estimate of drug-likeness (QED) is 0.295. The fourth-order valence-corrected chi connectivity index (χ4v) is 6.13. The first kappa shape index (κ1) is 27.4. The molecular weight excluding hydrogens is 534 g/mol. The number of likely N-dealkylation sites (tertiary alicyclic amines) is 1. The maximum atomic E-state index is 13.0. The summed E-state index contributed by atoms with van der Waals surface area (Å²) in [5.41, 5.74) is 7.27. The lowest BCUT2D eigenvalue weighted by Crippen LogP contribution is -2.45. The van der Waals surface area contributed by atoms with Gasteiger partial charge in [-0.1, -0.05) is 35.9 Å². The van der Waals surface area contributed by atoms with E-state index in [2.05, 4.69) is 44.9 Å². The molecular formula is C32H36ClN7O. The van der Waals surface area contributed by atoms with Gasteiger partial charge in [-0.2, -0.15) is 0 Å². The minimum Gasteiger partial charge on any atom is -0.387 e. The van der Waals surface area contributed by atoms with Gasteiger partial charge in [0.15, 0.2) is 0 Å². The van der Waals surface area contributed by atoms with Crippen LogP contribution in [0.5, 0.6) is 0 Å². The number of carbonyl (C=O) groups excluding carboxylic acids is 1. The second-order valence-electron chi connectivity index (χ2n) is 11.2. The number of halogens is 1. The van der Waals surface area contributed by atoms with E-state index >= 15 is 0 Å². The summed E-state index contributed by atoms with van der Waals surface area (Å²) < 4.78 is 0. The number of aryl methyl sites for hydroxylation is 2. The van der Waals surface area contributed by atoms with Gasteiger partial charge in [0.2, 0.25) is 5.95 Å². The van der Waals surface area contributed by atoms with Crippen molar-refractivity contribution >= 4 is 46.1 Å². The Hall–Kier alpha value is -3.75. The van der Waals surface area contributed by atoms with Gasteiger partial charge < -0.3 is 26.3 Å². The molecule has 1 aromatic heterocycles. The van der Waals surface area contributed by atoms with Crippen LogP contribution >= 0.6 is 11.6 Å². The summed E-state index contributed by atoms with van der Waals surface area (Å²) >= 11 is 6.63. The van der Waals surface area contributed by atoms with E-state index in [1.165, 1.54) is 12.8 Å². The standard InChI is InChI=1S/C32H36ClN7O/c1-19-5-3-4-6-24(19)30(35-2)28-26(34)11-7-21-18-36-32(39-29(21)28)38-27-12-8-20(17-25(27)33)31(41)37-22-13-15-40(16-14-22)23-9-10-23/h3-6,8,12,17-18,22-23,34-35H,7,9-11,13-16H2,1-2H3,(H,37,41)(H,36,38,39)/b30-28+,34-26?. The van der Waals surface area contributed by atoms with E-state index in [-0.39, 0.29) is 11.9 Å². The molecule has 0 unspecified atom stereocenters. The van der Waals surface area contributed by atoms with Crippen molar-refractivity contribution in [1.82, 2.24) is 25.5 Å². The first-order valence-electron chi connectivity index (χ1n) is 14.4. The van der Waals surface area contributed by atoms with Crippen LogP contribution in [0.4, 0.5) is 11.6 Å². The largest absolute Gasteiger partial charge is 0.387 e. The van der Waals surface area contributed by atoms with E-state index in [0.717, 1.165) is 65.6 Å². The summed E-state index contributed by atoms with van der Waals surface area (Å²) in [4.78, 5) is 24.9. The van der Waals surface area contributed by atoms with Gasteiger partial charge in [-0.15, -0.1) is 0 Å². The lowest BCUT2D eigenvalue weighted by molar-refractivity contribution is 0.0909. The Bertz CT molecular complexity index is 1520. The average molecular weight is 570 g/mol. The SMILES string of the molecule is CN/C(=C1\C(=N)CCc2cnc(Nc3ccc(C(=O)NC4CCN(C5CC5)CC4)cc3Cl)nc21)c1ccccc1C. The topological polar surface area (TPSA) is 106 Å². The third-order valence-corrected chi connectivity index (χ3v) is 8.68. The van der Waals surface area contributed by atoms with Crippen LogP contribution in [0.25, 0.3) is 11.3 Å². The van der Waals surface area contributed by atoms with Gasteiger partial charge in [0.1, 0.15) is 0 Å². The monoisotopic (exact) mass is 569 g/mol. The number of aromatic nitrogens is 2. The van der Waals surface area contributed by atoms with Crippen molar-refractivity contribution in [3.63, 3.8) is 0 Å². The van der Waals surface area contributed by atoms with Crippen LogP contribution in [0.1, 0.15) is 64.8 Å². The number of amides is 1. The highest BCUT2D eigenvalue weighted by molar-refractivity contribution is 6.33. The summed E-state index contributed by atoms with van der Waals surface area (Å²) in [6.07, 6.45) is 7.77. The van der Waals surface area contributed by atoms with E-state index in [1.54, 1.807) is 18.2 Å². The number of hydrogen-bond acceptors (Lipinski definition) is 7. The fourth-order valence-electron chi connectivity index (χ4n) is 5.91. The summed E-state index contributed by atoms with van der Waals surface area (Å²) in [5.74, 6) is 0.287. The predicted octanol–water partition coefficient (Wildman–Crippen LogP) is 5.59. The smallest absolute Gasteiger partial charge is 0.251 e. The van der Waals surface area contributed by atoms with E-state index < -0.39 is 0 Å². The molecule has 2 aliphatic carbocycles. The molecule has 1 amide bonds. The van der Waals surface area contributed by atoms with Crippen molar-refractivity contribution in [1.29, 1.82) is 5.41 Å². The van der Waals surface area contributed by atoms with Crippen molar-refractivity contribution in [3.05, 3.63) is 81.6 Å². The van der Waals surface area contributed by atoms with Crippen molar-refractivity contribution < 1.29 is 4.79 Å². The Labute approximate surface area is 246 Å². The molecule has 0 radical (unpaired) electrons. The number of allylic oxidation sites excluding steroid dienone is 1. The first-order chi connectivity index (χ1) is 19.9. The molecule has 6 rings (SSSR count). The summed E-state index contributed by atoms with van der Waals surface area (Å²) in [5, 5.41) is 19.0. The van der Waals surface area contributed by atoms with Crippen LogP contribution in [0.15, 0.2) is 48.7 Å². The first-order valence-corrected chi connectivity index (χ1v) is 14.8. The molecule has 212 valence electrons. The lowest BCUT2D eigenvalue weighted by atomic mass is 9.87.